The molecule has 0 atom stereocenters. The maximum atomic E-state index is 5.85. The molecular formula is C7H2BrClNS2-. The van der Waals surface area contributed by atoms with Crippen molar-refractivity contribution in [1.29, 1.82) is 0 Å². The Morgan fingerprint density at radius 3 is 3.00 bits per heavy atom. The van der Waals surface area contributed by atoms with Crippen molar-refractivity contribution in [2.24, 2.45) is 0 Å². The molecule has 0 unspecified atom stereocenters. The van der Waals surface area contributed by atoms with E-state index >= 15 is 0 Å². The Labute approximate surface area is 92.3 Å². The average Bonchev–Trinajstić information content (AvgIpc) is 2.29. The molecule has 12 heavy (non-hydrogen) atoms. The monoisotopic (exact) mass is 278 g/mol. The summed E-state index contributed by atoms with van der Waals surface area (Å²) in [7, 11) is 0. The predicted molar refractivity (Wildman–Crippen MR) is 58.0 cm³/mol. The molecule has 0 spiro atoms. The van der Waals surface area contributed by atoms with Crippen LogP contribution in [0.2, 0.25) is 5.02 Å². The zero-order chi connectivity index (χ0) is 8.72. The Hall–Kier alpha value is 0.1000. The van der Waals surface area contributed by atoms with E-state index in [4.69, 9.17) is 24.2 Å². The Kier molecular flexibility index (Phi) is 2.25. The fraction of sp³-hybridized carbons (Fsp3) is 0. The summed E-state index contributed by atoms with van der Waals surface area (Å²) in [5.74, 6) is 0. The van der Waals surface area contributed by atoms with E-state index in [9.17, 15) is 0 Å². The number of fused-ring (bicyclic) bond motifs is 1. The molecule has 0 N–H and O–H groups in total. The van der Waals surface area contributed by atoms with Crippen molar-refractivity contribution in [2.45, 2.75) is 4.34 Å². The van der Waals surface area contributed by atoms with Crippen molar-refractivity contribution < 1.29 is 0 Å². The number of thiazole rings is 1. The van der Waals surface area contributed by atoms with Gasteiger partial charge >= 0.3 is 0 Å². The molecule has 1 heterocycles. The molecule has 0 saturated carbocycles. The lowest BCUT2D eigenvalue weighted by Crippen LogP contribution is -1.71. The van der Waals surface area contributed by atoms with Crippen LogP contribution in [0.5, 0.6) is 0 Å². The summed E-state index contributed by atoms with van der Waals surface area (Å²) >= 11 is 15.7. The first-order valence-electron chi connectivity index (χ1n) is 3.09. The van der Waals surface area contributed by atoms with Crippen LogP contribution in [0.4, 0.5) is 0 Å². The van der Waals surface area contributed by atoms with Gasteiger partial charge in [0, 0.05) is 9.50 Å². The molecule has 2 aromatic rings. The van der Waals surface area contributed by atoms with Crippen molar-refractivity contribution >= 4 is 61.7 Å². The zero-order valence-electron chi connectivity index (χ0n) is 5.67. The number of aromatic nitrogens is 1. The molecule has 2 rings (SSSR count). The van der Waals surface area contributed by atoms with Crippen molar-refractivity contribution in [3.05, 3.63) is 21.6 Å². The lowest BCUT2D eigenvalue weighted by molar-refractivity contribution is 1.31. The van der Waals surface area contributed by atoms with Gasteiger partial charge in [-0.25, -0.2) is 0 Å². The maximum Gasteiger partial charge on any atom is 0.0743 e. The summed E-state index contributed by atoms with van der Waals surface area (Å²) in [4.78, 5) is 4.18. The molecule has 1 aromatic heterocycles. The molecule has 0 radical (unpaired) electrons. The van der Waals surface area contributed by atoms with Crippen LogP contribution in [0.3, 0.4) is 0 Å². The van der Waals surface area contributed by atoms with Gasteiger partial charge in [0.2, 0.25) is 0 Å². The van der Waals surface area contributed by atoms with Crippen LogP contribution in [-0.2, 0) is 12.6 Å². The second-order valence-electron chi connectivity index (χ2n) is 2.21. The zero-order valence-corrected chi connectivity index (χ0v) is 9.65. The first-order chi connectivity index (χ1) is 5.66. The Morgan fingerprint density at radius 1 is 1.50 bits per heavy atom. The summed E-state index contributed by atoms with van der Waals surface area (Å²) in [6.07, 6.45) is 0. The molecule has 62 valence electrons. The standard InChI is InChI=1S/C7H3BrClNS2/c8-4-1-3(9)2-5-6(4)10-7(11)12-5/h1-2H,(H,10,11)/p-1. The third-order valence-electron chi connectivity index (χ3n) is 1.39. The first kappa shape index (κ1) is 8.69. The lowest BCUT2D eigenvalue weighted by atomic mass is 10.3. The van der Waals surface area contributed by atoms with Gasteiger partial charge in [0.1, 0.15) is 0 Å². The highest BCUT2D eigenvalue weighted by Crippen LogP contribution is 2.31. The van der Waals surface area contributed by atoms with E-state index in [0.717, 1.165) is 14.7 Å². The molecular weight excluding hydrogens is 278 g/mol. The van der Waals surface area contributed by atoms with Gasteiger partial charge in [-0.15, -0.1) is 0 Å². The third-order valence-corrected chi connectivity index (χ3v) is 3.35. The highest BCUT2D eigenvalue weighted by molar-refractivity contribution is 9.10. The summed E-state index contributed by atoms with van der Waals surface area (Å²) < 4.78 is 2.57. The highest BCUT2D eigenvalue weighted by Gasteiger charge is 2.00. The molecule has 0 aliphatic carbocycles. The predicted octanol–water partition coefficient (Wildman–Crippen LogP) is 3.62. The SMILES string of the molecule is [S-]c1nc2c(Br)cc(Cl)cc2s1. The normalized spacial score (nSPS) is 10.8. The molecule has 0 bridgehead atoms. The van der Waals surface area contributed by atoms with E-state index in [1.807, 2.05) is 12.1 Å². The number of benzene rings is 1. The van der Waals surface area contributed by atoms with Gasteiger partial charge in [-0.2, -0.15) is 0 Å². The Balaban J connectivity index is 2.88. The van der Waals surface area contributed by atoms with E-state index < -0.39 is 0 Å². The van der Waals surface area contributed by atoms with Crippen LogP contribution in [0.15, 0.2) is 20.9 Å². The molecule has 0 amide bonds. The van der Waals surface area contributed by atoms with E-state index in [-0.39, 0.29) is 0 Å². The van der Waals surface area contributed by atoms with Crippen LogP contribution < -0.4 is 0 Å². The van der Waals surface area contributed by atoms with E-state index in [0.29, 0.717) is 9.36 Å². The summed E-state index contributed by atoms with van der Waals surface area (Å²) in [6, 6.07) is 3.69. The van der Waals surface area contributed by atoms with Crippen LogP contribution in [0.1, 0.15) is 0 Å². The van der Waals surface area contributed by atoms with E-state index in [1.54, 1.807) is 0 Å². The number of hydrogen-bond donors (Lipinski definition) is 0. The second-order valence-corrected chi connectivity index (χ2v) is 5.18. The molecule has 5 heteroatoms. The fourth-order valence-corrected chi connectivity index (χ4v) is 3.16. The van der Waals surface area contributed by atoms with Gasteiger partial charge in [0.05, 0.1) is 5.52 Å². The van der Waals surface area contributed by atoms with Crippen LogP contribution >= 0.6 is 38.9 Å². The van der Waals surface area contributed by atoms with Gasteiger partial charge in [-0.1, -0.05) is 11.6 Å². The fourth-order valence-electron chi connectivity index (χ4n) is 0.937. The molecule has 0 aliphatic rings. The van der Waals surface area contributed by atoms with Crippen LogP contribution in [0, 0.1) is 0 Å². The topological polar surface area (TPSA) is 12.9 Å². The third kappa shape index (κ3) is 1.44. The average molecular weight is 280 g/mol. The van der Waals surface area contributed by atoms with Crippen LogP contribution in [0.25, 0.3) is 10.2 Å². The van der Waals surface area contributed by atoms with Gasteiger partial charge in [0.25, 0.3) is 0 Å². The van der Waals surface area contributed by atoms with Crippen molar-refractivity contribution in [2.75, 3.05) is 0 Å². The number of rotatable bonds is 0. The Bertz CT molecular complexity index is 440. The largest absolute Gasteiger partial charge is 0.408 e. The van der Waals surface area contributed by atoms with E-state index in [2.05, 4.69) is 20.9 Å². The maximum absolute atomic E-state index is 5.85. The first-order valence-corrected chi connectivity index (χ1v) is 5.49. The molecule has 1 nitrogen and oxygen atoms in total. The van der Waals surface area contributed by atoms with Crippen molar-refractivity contribution in [1.82, 2.24) is 4.98 Å². The summed E-state index contributed by atoms with van der Waals surface area (Å²) in [6.45, 7) is 0. The lowest BCUT2D eigenvalue weighted by Gasteiger charge is -1.95. The summed E-state index contributed by atoms with van der Waals surface area (Å²) in [5, 5.41) is 0.702. The second kappa shape index (κ2) is 3.10. The number of hydrogen-bond acceptors (Lipinski definition) is 3. The van der Waals surface area contributed by atoms with E-state index in [1.165, 1.54) is 11.3 Å². The molecule has 0 fully saturated rings. The van der Waals surface area contributed by atoms with Gasteiger partial charge in [-0.3, -0.25) is 4.98 Å². The molecule has 0 saturated heterocycles. The molecule has 1 aromatic carbocycles. The van der Waals surface area contributed by atoms with Gasteiger partial charge in [0.15, 0.2) is 0 Å². The summed E-state index contributed by atoms with van der Waals surface area (Å²) in [5.41, 5.74) is 0.898. The van der Waals surface area contributed by atoms with Crippen LogP contribution in [-0.4, -0.2) is 4.98 Å². The molecule has 0 aliphatic heterocycles. The number of nitrogens with zero attached hydrogens (tertiary/aromatic N) is 1. The highest BCUT2D eigenvalue weighted by atomic mass is 79.9. The van der Waals surface area contributed by atoms with Gasteiger partial charge < -0.3 is 24.0 Å². The smallest absolute Gasteiger partial charge is 0.0743 e. The quantitative estimate of drug-likeness (QED) is 0.683. The minimum Gasteiger partial charge on any atom is -0.408 e. The minimum atomic E-state index is 0.646. The number of halogens is 2. The minimum absolute atomic E-state index is 0.646. The Morgan fingerprint density at radius 2 is 2.25 bits per heavy atom. The van der Waals surface area contributed by atoms with Crippen molar-refractivity contribution in [3.63, 3.8) is 0 Å². The van der Waals surface area contributed by atoms with Crippen molar-refractivity contribution in [3.8, 4) is 0 Å². The van der Waals surface area contributed by atoms with Gasteiger partial charge in [-0.05, 0) is 37.1 Å².